The van der Waals surface area contributed by atoms with E-state index in [1.54, 1.807) is 36.4 Å². The SMILES string of the molecule is CC(C)COc1ccc(/C(O)=C2/C(=O)C(=O)N(Cc3ccc(F)cc3)C2c2cccc(O)c2)cc1. The molecular formula is C28H26FNO5. The van der Waals surface area contributed by atoms with Crippen LogP contribution in [0.15, 0.2) is 78.4 Å². The number of ketones is 1. The third-order valence-electron chi connectivity index (χ3n) is 5.70. The summed E-state index contributed by atoms with van der Waals surface area (Å²) in [5.41, 5.74) is 1.35. The Bertz CT molecular complexity index is 1270. The minimum Gasteiger partial charge on any atom is -0.508 e. The second kappa shape index (κ2) is 10.0. The second-order valence-electron chi connectivity index (χ2n) is 8.88. The molecule has 1 fully saturated rings. The number of carbonyl (C=O) groups excluding carboxylic acids is 2. The molecule has 0 aromatic heterocycles. The highest BCUT2D eigenvalue weighted by Gasteiger charge is 2.46. The van der Waals surface area contributed by atoms with Gasteiger partial charge in [0.1, 0.15) is 23.1 Å². The van der Waals surface area contributed by atoms with Gasteiger partial charge in [0.15, 0.2) is 0 Å². The Hall–Kier alpha value is -4.13. The summed E-state index contributed by atoms with van der Waals surface area (Å²) in [6.07, 6.45) is 0. The molecule has 1 heterocycles. The van der Waals surface area contributed by atoms with E-state index in [1.807, 2.05) is 13.8 Å². The number of nitrogens with zero attached hydrogens (tertiary/aromatic N) is 1. The predicted molar refractivity (Wildman–Crippen MR) is 129 cm³/mol. The van der Waals surface area contributed by atoms with Gasteiger partial charge < -0.3 is 19.8 Å². The Kier molecular flexibility index (Phi) is 6.87. The number of benzene rings is 3. The van der Waals surface area contributed by atoms with Crippen LogP contribution in [0, 0.1) is 11.7 Å². The van der Waals surface area contributed by atoms with Crippen LogP contribution < -0.4 is 4.74 Å². The van der Waals surface area contributed by atoms with E-state index >= 15 is 0 Å². The van der Waals surface area contributed by atoms with Crippen LogP contribution in [-0.4, -0.2) is 33.4 Å². The molecule has 7 heteroatoms. The summed E-state index contributed by atoms with van der Waals surface area (Å²) in [5, 5.41) is 21.2. The van der Waals surface area contributed by atoms with E-state index in [1.165, 1.54) is 41.3 Å². The molecule has 35 heavy (non-hydrogen) atoms. The number of carbonyl (C=O) groups is 2. The number of halogens is 1. The van der Waals surface area contributed by atoms with Gasteiger partial charge in [0.25, 0.3) is 11.7 Å². The highest BCUT2D eigenvalue weighted by molar-refractivity contribution is 6.46. The normalized spacial score (nSPS) is 17.3. The highest BCUT2D eigenvalue weighted by Crippen LogP contribution is 2.41. The van der Waals surface area contributed by atoms with Crippen LogP contribution in [0.1, 0.15) is 36.6 Å². The molecule has 180 valence electrons. The molecule has 1 aliphatic rings. The minimum absolute atomic E-state index is 0.0178. The summed E-state index contributed by atoms with van der Waals surface area (Å²) in [4.78, 5) is 27.5. The highest BCUT2D eigenvalue weighted by atomic mass is 19.1. The van der Waals surface area contributed by atoms with Gasteiger partial charge in [-0.3, -0.25) is 9.59 Å². The van der Waals surface area contributed by atoms with E-state index in [0.717, 1.165) is 0 Å². The second-order valence-corrected chi connectivity index (χ2v) is 8.88. The van der Waals surface area contributed by atoms with Gasteiger partial charge in [-0.1, -0.05) is 38.1 Å². The molecule has 1 aliphatic heterocycles. The first-order valence-corrected chi connectivity index (χ1v) is 11.3. The van der Waals surface area contributed by atoms with Gasteiger partial charge in [0.2, 0.25) is 0 Å². The number of aromatic hydroxyl groups is 1. The first-order chi connectivity index (χ1) is 16.7. The number of aliphatic hydroxyl groups is 1. The zero-order chi connectivity index (χ0) is 25.1. The number of phenols is 1. The summed E-state index contributed by atoms with van der Waals surface area (Å²) in [5.74, 6) is -1.44. The van der Waals surface area contributed by atoms with Crippen LogP contribution in [0.3, 0.4) is 0 Å². The molecule has 4 rings (SSSR count). The third kappa shape index (κ3) is 5.19. The van der Waals surface area contributed by atoms with Crippen molar-refractivity contribution in [3.05, 3.63) is 101 Å². The van der Waals surface area contributed by atoms with Crippen molar-refractivity contribution in [3.63, 3.8) is 0 Å². The maximum Gasteiger partial charge on any atom is 0.295 e. The van der Waals surface area contributed by atoms with Crippen LogP contribution in [0.4, 0.5) is 4.39 Å². The van der Waals surface area contributed by atoms with Gasteiger partial charge in [-0.15, -0.1) is 0 Å². The number of amides is 1. The maximum absolute atomic E-state index is 13.4. The fourth-order valence-corrected chi connectivity index (χ4v) is 4.00. The molecule has 3 aromatic rings. The molecular weight excluding hydrogens is 449 g/mol. The van der Waals surface area contributed by atoms with E-state index in [-0.39, 0.29) is 23.6 Å². The molecule has 0 saturated carbocycles. The molecule has 1 saturated heterocycles. The molecule has 6 nitrogen and oxygen atoms in total. The van der Waals surface area contributed by atoms with Crippen molar-refractivity contribution in [2.24, 2.45) is 5.92 Å². The van der Waals surface area contributed by atoms with Gasteiger partial charge in [0, 0.05) is 12.1 Å². The lowest BCUT2D eigenvalue weighted by molar-refractivity contribution is -0.140. The van der Waals surface area contributed by atoms with Gasteiger partial charge in [-0.2, -0.15) is 0 Å². The Morgan fingerprint density at radius 1 is 1.03 bits per heavy atom. The standard InChI is InChI=1S/C28H26FNO5/c1-17(2)16-35-23-12-8-19(9-13-23)26(32)24-25(20-4-3-5-22(31)14-20)30(28(34)27(24)33)15-18-6-10-21(29)11-7-18/h3-14,17,25,31-32H,15-16H2,1-2H3/b26-24-. The van der Waals surface area contributed by atoms with Gasteiger partial charge in [0.05, 0.1) is 18.2 Å². The van der Waals surface area contributed by atoms with Crippen molar-refractivity contribution >= 4 is 17.4 Å². The largest absolute Gasteiger partial charge is 0.508 e. The van der Waals surface area contributed by atoms with Gasteiger partial charge in [-0.25, -0.2) is 4.39 Å². The quantitative estimate of drug-likeness (QED) is 0.279. The first-order valence-electron chi connectivity index (χ1n) is 11.3. The number of hydrogen-bond donors (Lipinski definition) is 2. The number of aliphatic hydroxyl groups excluding tert-OH is 1. The molecule has 0 aliphatic carbocycles. The summed E-state index contributed by atoms with van der Waals surface area (Å²) in [7, 11) is 0. The minimum atomic E-state index is -0.941. The predicted octanol–water partition coefficient (Wildman–Crippen LogP) is 5.19. The lowest BCUT2D eigenvalue weighted by Gasteiger charge is -2.25. The topological polar surface area (TPSA) is 87.1 Å². The number of ether oxygens (including phenoxy) is 1. The molecule has 0 bridgehead atoms. The number of likely N-dealkylation sites (tertiary alicyclic amines) is 1. The Balaban J connectivity index is 1.76. The lowest BCUT2D eigenvalue weighted by atomic mass is 9.95. The zero-order valence-electron chi connectivity index (χ0n) is 19.4. The first kappa shape index (κ1) is 24.0. The molecule has 0 spiro atoms. The van der Waals surface area contributed by atoms with Crippen LogP contribution in [0.5, 0.6) is 11.5 Å². The average molecular weight is 476 g/mol. The summed E-state index contributed by atoms with van der Waals surface area (Å²) in [6, 6.07) is 17.5. The van der Waals surface area contributed by atoms with Crippen molar-refractivity contribution in [3.8, 4) is 11.5 Å². The van der Waals surface area contributed by atoms with Crippen molar-refractivity contribution in [1.29, 1.82) is 0 Å². The number of phenolic OH excluding ortho intramolecular Hbond substituents is 1. The molecule has 3 aromatic carbocycles. The Labute approximate surface area is 202 Å². The van der Waals surface area contributed by atoms with E-state index in [0.29, 0.717) is 35.0 Å². The number of hydrogen-bond acceptors (Lipinski definition) is 5. The van der Waals surface area contributed by atoms with Gasteiger partial charge in [-0.05, 0) is 65.6 Å². The van der Waals surface area contributed by atoms with Crippen LogP contribution in [0.25, 0.3) is 5.76 Å². The fraction of sp³-hybridized carbons (Fsp3) is 0.214. The van der Waals surface area contributed by atoms with Crippen molar-refractivity contribution in [1.82, 2.24) is 4.90 Å². The van der Waals surface area contributed by atoms with Crippen LogP contribution >= 0.6 is 0 Å². The number of Topliss-reactive ketones (excluding diaryl/α,β-unsaturated/α-hetero) is 1. The Morgan fingerprint density at radius 2 is 1.71 bits per heavy atom. The van der Waals surface area contributed by atoms with E-state index in [4.69, 9.17) is 4.74 Å². The van der Waals surface area contributed by atoms with Crippen molar-refractivity contribution < 1.29 is 28.9 Å². The van der Waals surface area contributed by atoms with E-state index in [2.05, 4.69) is 0 Å². The monoisotopic (exact) mass is 475 g/mol. The third-order valence-corrected chi connectivity index (χ3v) is 5.70. The molecule has 0 radical (unpaired) electrons. The van der Waals surface area contributed by atoms with Crippen LogP contribution in [-0.2, 0) is 16.1 Å². The summed E-state index contributed by atoms with van der Waals surface area (Å²) < 4.78 is 19.1. The van der Waals surface area contributed by atoms with Crippen molar-refractivity contribution in [2.75, 3.05) is 6.61 Å². The molecule has 1 unspecified atom stereocenters. The van der Waals surface area contributed by atoms with E-state index in [9.17, 15) is 24.2 Å². The number of rotatable bonds is 7. The van der Waals surface area contributed by atoms with Crippen molar-refractivity contribution in [2.45, 2.75) is 26.4 Å². The van der Waals surface area contributed by atoms with E-state index < -0.39 is 23.5 Å². The fourth-order valence-electron chi connectivity index (χ4n) is 4.00. The Morgan fingerprint density at radius 3 is 2.34 bits per heavy atom. The average Bonchev–Trinajstić information content (AvgIpc) is 3.09. The zero-order valence-corrected chi connectivity index (χ0v) is 19.4. The summed E-state index contributed by atoms with van der Waals surface area (Å²) >= 11 is 0. The lowest BCUT2D eigenvalue weighted by Crippen LogP contribution is -2.29. The van der Waals surface area contributed by atoms with Gasteiger partial charge >= 0.3 is 0 Å². The smallest absolute Gasteiger partial charge is 0.295 e. The van der Waals surface area contributed by atoms with Crippen LogP contribution in [0.2, 0.25) is 0 Å². The molecule has 1 amide bonds. The molecule has 1 atom stereocenters. The maximum atomic E-state index is 13.4. The summed E-state index contributed by atoms with van der Waals surface area (Å²) in [6.45, 7) is 4.63. The molecule has 2 N–H and O–H groups in total.